The van der Waals surface area contributed by atoms with Gasteiger partial charge in [-0.15, -0.1) is 0 Å². The molecule has 12 heavy (non-hydrogen) atoms. The molecule has 0 saturated carbocycles. The number of hydrogen-bond acceptors (Lipinski definition) is 2. The van der Waals surface area contributed by atoms with Crippen LogP contribution < -0.4 is 5.32 Å². The maximum Gasteiger partial charge on any atom is 0.348 e. The van der Waals surface area contributed by atoms with Crippen LogP contribution in [0.2, 0.25) is 0 Å². The molecule has 3 heteroatoms. The molecule has 3 nitrogen and oxygen atoms in total. The van der Waals surface area contributed by atoms with E-state index in [9.17, 15) is 0 Å². The molecular formula is C9H18N3+. The maximum absolute atomic E-state index is 3.49. The highest BCUT2D eigenvalue weighted by atomic mass is 15.4. The summed E-state index contributed by atoms with van der Waals surface area (Å²) in [6, 6.07) is 0. The van der Waals surface area contributed by atoms with Gasteiger partial charge in [-0.3, -0.25) is 14.8 Å². The summed E-state index contributed by atoms with van der Waals surface area (Å²) < 4.78 is 2.48. The Kier molecular flexibility index (Phi) is 2.19. The second kappa shape index (κ2) is 3.33. The van der Waals surface area contributed by atoms with Crippen molar-refractivity contribution < 1.29 is 4.58 Å². The van der Waals surface area contributed by atoms with E-state index in [0.29, 0.717) is 0 Å². The Bertz CT molecular complexity index is 194. The number of rotatable bonds is 1. The molecule has 0 aromatic rings. The van der Waals surface area contributed by atoms with Crippen molar-refractivity contribution in [3.63, 3.8) is 0 Å². The second-order valence-corrected chi connectivity index (χ2v) is 3.52. The topological polar surface area (TPSA) is 18.3 Å². The van der Waals surface area contributed by atoms with Gasteiger partial charge >= 0.3 is 5.96 Å². The number of hydrogen-bond donors (Lipinski definition) is 1. The number of nitrogens with one attached hydrogen (secondary N) is 1. The first kappa shape index (κ1) is 7.90. The Balaban J connectivity index is 2.18. The van der Waals surface area contributed by atoms with E-state index in [2.05, 4.69) is 21.7 Å². The van der Waals surface area contributed by atoms with Crippen LogP contribution in [0.5, 0.6) is 0 Å². The SMILES string of the molecule is CCN1CCC[N+]2=C1NCCC2. The van der Waals surface area contributed by atoms with Crippen LogP contribution in [-0.2, 0) is 0 Å². The molecule has 2 aliphatic heterocycles. The maximum atomic E-state index is 3.49. The first-order chi connectivity index (χ1) is 5.92. The zero-order valence-corrected chi connectivity index (χ0v) is 7.84. The molecule has 0 aromatic carbocycles. The van der Waals surface area contributed by atoms with Crippen molar-refractivity contribution in [1.82, 2.24) is 10.2 Å². The lowest BCUT2D eigenvalue weighted by Gasteiger charge is -2.29. The molecule has 0 saturated heterocycles. The molecular weight excluding hydrogens is 150 g/mol. The fourth-order valence-electron chi connectivity index (χ4n) is 2.08. The summed E-state index contributed by atoms with van der Waals surface area (Å²) >= 11 is 0. The summed E-state index contributed by atoms with van der Waals surface area (Å²) in [6.07, 6.45) is 2.61. The van der Waals surface area contributed by atoms with Gasteiger partial charge in [0.2, 0.25) is 0 Å². The smallest absolute Gasteiger partial charge is 0.278 e. The summed E-state index contributed by atoms with van der Waals surface area (Å²) in [5.41, 5.74) is 0. The van der Waals surface area contributed by atoms with Gasteiger partial charge in [-0.2, -0.15) is 0 Å². The molecule has 2 aliphatic rings. The van der Waals surface area contributed by atoms with Gasteiger partial charge in [0.15, 0.2) is 0 Å². The van der Waals surface area contributed by atoms with Gasteiger partial charge in [-0.05, 0) is 6.92 Å². The van der Waals surface area contributed by atoms with Crippen LogP contribution in [0.4, 0.5) is 0 Å². The minimum Gasteiger partial charge on any atom is -0.278 e. The first-order valence-electron chi connectivity index (χ1n) is 5.02. The predicted octanol–water partition coefficient (Wildman–Crippen LogP) is 0.0738. The third-order valence-electron chi connectivity index (χ3n) is 2.72. The standard InChI is InChI=1S/C9H17N3/c1-2-11-7-4-8-12-6-3-5-10-9(11)12/h2-8H2,1H3/p+1. The van der Waals surface area contributed by atoms with Crippen LogP contribution in [0, 0.1) is 0 Å². The Morgan fingerprint density at radius 3 is 3.08 bits per heavy atom. The highest BCUT2D eigenvalue weighted by Crippen LogP contribution is 2.04. The summed E-state index contributed by atoms with van der Waals surface area (Å²) in [7, 11) is 0. The minimum atomic E-state index is 1.14. The van der Waals surface area contributed by atoms with Crippen LogP contribution in [0.25, 0.3) is 0 Å². The number of guanidine groups is 1. The van der Waals surface area contributed by atoms with E-state index in [1.807, 2.05) is 0 Å². The van der Waals surface area contributed by atoms with Gasteiger partial charge in [0, 0.05) is 12.8 Å². The zero-order valence-electron chi connectivity index (χ0n) is 7.84. The van der Waals surface area contributed by atoms with Crippen molar-refractivity contribution in [3.05, 3.63) is 0 Å². The lowest BCUT2D eigenvalue weighted by molar-refractivity contribution is -0.544. The van der Waals surface area contributed by atoms with E-state index >= 15 is 0 Å². The molecule has 68 valence electrons. The Labute approximate surface area is 74.1 Å². The van der Waals surface area contributed by atoms with E-state index in [4.69, 9.17) is 0 Å². The molecule has 0 fully saturated rings. The summed E-state index contributed by atoms with van der Waals surface area (Å²) in [4.78, 5) is 2.45. The molecule has 0 amide bonds. The van der Waals surface area contributed by atoms with Gasteiger partial charge in [-0.25, -0.2) is 0 Å². The van der Waals surface area contributed by atoms with Crippen LogP contribution in [-0.4, -0.2) is 48.2 Å². The predicted molar refractivity (Wildman–Crippen MR) is 49.5 cm³/mol. The van der Waals surface area contributed by atoms with E-state index in [1.54, 1.807) is 0 Å². The van der Waals surface area contributed by atoms with Crippen molar-refractivity contribution in [2.75, 3.05) is 32.7 Å². The average Bonchev–Trinajstić information content (AvgIpc) is 2.17. The molecule has 0 spiro atoms. The first-order valence-corrected chi connectivity index (χ1v) is 5.02. The van der Waals surface area contributed by atoms with Crippen molar-refractivity contribution >= 4 is 5.96 Å². The molecule has 1 N–H and O–H groups in total. The van der Waals surface area contributed by atoms with Crippen LogP contribution in [0.3, 0.4) is 0 Å². The summed E-state index contributed by atoms with van der Waals surface area (Å²) in [6.45, 7) is 8.25. The zero-order chi connectivity index (χ0) is 8.39. The van der Waals surface area contributed by atoms with Gasteiger partial charge in [0.1, 0.15) is 0 Å². The highest BCUT2D eigenvalue weighted by molar-refractivity contribution is 5.75. The molecule has 0 aromatic heterocycles. The van der Waals surface area contributed by atoms with Crippen molar-refractivity contribution in [1.29, 1.82) is 0 Å². The monoisotopic (exact) mass is 168 g/mol. The minimum absolute atomic E-state index is 1.14. The third-order valence-corrected chi connectivity index (χ3v) is 2.72. The van der Waals surface area contributed by atoms with Crippen molar-refractivity contribution in [2.24, 2.45) is 0 Å². The molecule has 0 atom stereocenters. The van der Waals surface area contributed by atoms with Gasteiger partial charge < -0.3 is 0 Å². The van der Waals surface area contributed by atoms with Crippen LogP contribution in [0.1, 0.15) is 19.8 Å². The molecule has 0 bridgehead atoms. The Morgan fingerprint density at radius 1 is 1.42 bits per heavy atom. The van der Waals surface area contributed by atoms with E-state index in [1.165, 1.54) is 38.4 Å². The van der Waals surface area contributed by atoms with Gasteiger partial charge in [0.05, 0.1) is 32.7 Å². The van der Waals surface area contributed by atoms with Crippen molar-refractivity contribution in [3.8, 4) is 0 Å². The summed E-state index contributed by atoms with van der Waals surface area (Å²) in [5, 5.41) is 3.49. The second-order valence-electron chi connectivity index (χ2n) is 3.52. The summed E-state index contributed by atoms with van der Waals surface area (Å²) in [5.74, 6) is 1.38. The van der Waals surface area contributed by atoms with E-state index in [-0.39, 0.29) is 0 Å². The Morgan fingerprint density at radius 2 is 2.25 bits per heavy atom. The number of nitrogens with zero attached hydrogens (tertiary/aromatic N) is 2. The molecule has 2 rings (SSSR count). The molecule has 0 aliphatic carbocycles. The molecule has 0 unspecified atom stereocenters. The molecule has 2 heterocycles. The average molecular weight is 168 g/mol. The fourth-order valence-corrected chi connectivity index (χ4v) is 2.08. The largest absolute Gasteiger partial charge is 0.348 e. The molecule has 0 radical (unpaired) electrons. The highest BCUT2D eigenvalue weighted by Gasteiger charge is 2.27. The van der Waals surface area contributed by atoms with Gasteiger partial charge in [-0.1, -0.05) is 0 Å². The van der Waals surface area contributed by atoms with Crippen molar-refractivity contribution in [2.45, 2.75) is 19.8 Å². The van der Waals surface area contributed by atoms with E-state index in [0.717, 1.165) is 13.1 Å². The van der Waals surface area contributed by atoms with Crippen LogP contribution >= 0.6 is 0 Å². The lowest BCUT2D eigenvalue weighted by Crippen LogP contribution is -2.54. The lowest BCUT2D eigenvalue weighted by atomic mass is 10.2. The Hall–Kier alpha value is -0.730. The normalized spacial score (nSPS) is 23.6. The van der Waals surface area contributed by atoms with E-state index < -0.39 is 0 Å². The van der Waals surface area contributed by atoms with Crippen LogP contribution in [0.15, 0.2) is 0 Å². The van der Waals surface area contributed by atoms with Gasteiger partial charge in [0.25, 0.3) is 0 Å². The quantitative estimate of drug-likeness (QED) is 0.559. The third kappa shape index (κ3) is 1.28. The fraction of sp³-hybridized carbons (Fsp3) is 0.889.